The van der Waals surface area contributed by atoms with Gasteiger partial charge in [0.05, 0.1) is 25.6 Å². The minimum Gasteiger partial charge on any atom is -0.505 e. The smallest absolute Gasteiger partial charge is 0.289 e. The Morgan fingerprint density at radius 2 is 1.80 bits per heavy atom. The monoisotopic (exact) mass is 350 g/mol. The first-order valence-electron chi connectivity index (χ1n) is 7.64. The van der Waals surface area contributed by atoms with E-state index in [-0.39, 0.29) is 29.4 Å². The molecule has 1 aromatic carbocycles. The Labute approximate surface area is 142 Å². The van der Waals surface area contributed by atoms with Crippen LogP contribution >= 0.6 is 0 Å². The van der Waals surface area contributed by atoms with Crippen LogP contribution in [0.1, 0.15) is 16.2 Å². The molecule has 1 saturated heterocycles. The van der Waals surface area contributed by atoms with Crippen molar-refractivity contribution < 1.29 is 23.4 Å². The molecule has 0 saturated carbocycles. The molecule has 0 bridgehead atoms. The molecular weight excluding hydrogens is 334 g/mol. The van der Waals surface area contributed by atoms with Crippen LogP contribution in [0.4, 0.5) is 14.5 Å². The lowest BCUT2D eigenvalue weighted by atomic mass is 10.1. The third-order valence-electron chi connectivity index (χ3n) is 3.70. The van der Waals surface area contributed by atoms with Crippen LogP contribution in [-0.2, 0) is 11.3 Å². The number of morpholine rings is 1. The van der Waals surface area contributed by atoms with Gasteiger partial charge in [-0.1, -0.05) is 0 Å². The molecule has 0 spiro atoms. The van der Waals surface area contributed by atoms with Crippen LogP contribution in [0.2, 0.25) is 0 Å². The first kappa shape index (κ1) is 17.0. The van der Waals surface area contributed by atoms with E-state index in [4.69, 9.17) is 9.84 Å². The summed E-state index contributed by atoms with van der Waals surface area (Å²) in [7, 11) is 0. The number of halogens is 2. The van der Waals surface area contributed by atoms with Crippen molar-refractivity contribution in [3.63, 3.8) is 0 Å². The highest BCUT2D eigenvalue weighted by molar-refractivity contribution is 5.90. The van der Waals surface area contributed by atoms with Crippen molar-refractivity contribution in [3.05, 3.63) is 47.5 Å². The van der Waals surface area contributed by atoms with Crippen molar-refractivity contribution in [3.8, 4) is 5.75 Å². The van der Waals surface area contributed by atoms with Gasteiger partial charge in [-0.2, -0.15) is 0 Å². The van der Waals surface area contributed by atoms with Gasteiger partial charge in [-0.05, 0) is 17.7 Å². The van der Waals surface area contributed by atoms with Crippen molar-refractivity contribution in [1.82, 2.24) is 15.3 Å². The first-order valence-corrected chi connectivity index (χ1v) is 7.64. The van der Waals surface area contributed by atoms with Gasteiger partial charge in [0, 0.05) is 19.6 Å². The largest absolute Gasteiger partial charge is 0.505 e. The Morgan fingerprint density at radius 3 is 2.40 bits per heavy atom. The molecule has 1 fully saturated rings. The van der Waals surface area contributed by atoms with E-state index in [9.17, 15) is 13.6 Å². The fourth-order valence-corrected chi connectivity index (χ4v) is 2.51. The first-order chi connectivity index (χ1) is 12.0. The zero-order chi connectivity index (χ0) is 17.8. The number of carbonyl (C=O) groups is 1. The van der Waals surface area contributed by atoms with Crippen LogP contribution in [0.15, 0.2) is 24.5 Å². The van der Waals surface area contributed by atoms with Gasteiger partial charge in [-0.3, -0.25) is 4.79 Å². The predicted molar refractivity (Wildman–Crippen MR) is 84.3 cm³/mol. The summed E-state index contributed by atoms with van der Waals surface area (Å²) in [6.45, 7) is 1.59. The number of aromatic hydroxyl groups is 1. The van der Waals surface area contributed by atoms with Crippen molar-refractivity contribution in [2.24, 2.45) is 0 Å². The molecule has 0 radical (unpaired) electrons. The summed E-state index contributed by atoms with van der Waals surface area (Å²) in [4.78, 5) is 20.8. The normalized spacial score (nSPS) is 14.4. The number of nitrogens with one attached hydrogen (secondary N) is 1. The number of nitrogens with zero attached hydrogens (tertiary/aromatic N) is 3. The van der Waals surface area contributed by atoms with Gasteiger partial charge in [0.2, 0.25) is 5.82 Å². The van der Waals surface area contributed by atoms with E-state index in [0.29, 0.717) is 26.3 Å². The molecule has 132 valence electrons. The number of hydrogen-bond acceptors (Lipinski definition) is 6. The van der Waals surface area contributed by atoms with Crippen molar-refractivity contribution in [2.75, 3.05) is 31.2 Å². The molecule has 0 unspecified atom stereocenters. The van der Waals surface area contributed by atoms with Gasteiger partial charge in [0.15, 0.2) is 5.75 Å². The van der Waals surface area contributed by atoms with Gasteiger partial charge < -0.3 is 20.1 Å². The van der Waals surface area contributed by atoms with Gasteiger partial charge in [-0.25, -0.2) is 18.7 Å². The number of ether oxygens (including phenoxy) is 1. The standard InChI is InChI=1S/C16H16F2N4O3/c17-12-5-10(6-13(18)14(12)22-1-3-25-4-2-22)7-21-16(24)15-19-8-11(23)9-20-15/h5-6,8-9,23H,1-4,7H2,(H,21,24). The summed E-state index contributed by atoms with van der Waals surface area (Å²) in [5, 5.41) is 11.6. The molecule has 2 heterocycles. The van der Waals surface area contributed by atoms with E-state index < -0.39 is 17.5 Å². The molecular formula is C16H16F2N4O3. The van der Waals surface area contributed by atoms with E-state index in [1.165, 1.54) is 12.1 Å². The van der Waals surface area contributed by atoms with Gasteiger partial charge in [0.25, 0.3) is 5.91 Å². The third kappa shape index (κ3) is 4.00. The Balaban J connectivity index is 1.68. The molecule has 1 aliphatic heterocycles. The molecule has 7 nitrogen and oxygen atoms in total. The Hall–Kier alpha value is -2.81. The molecule has 1 aromatic heterocycles. The molecule has 2 aromatic rings. The second kappa shape index (κ2) is 7.39. The lowest BCUT2D eigenvalue weighted by Gasteiger charge is -2.29. The van der Waals surface area contributed by atoms with E-state index in [1.807, 2.05) is 0 Å². The van der Waals surface area contributed by atoms with Crippen LogP contribution in [0, 0.1) is 11.6 Å². The minimum absolute atomic E-state index is 0.0830. The third-order valence-corrected chi connectivity index (χ3v) is 3.70. The Morgan fingerprint density at radius 1 is 1.20 bits per heavy atom. The Bertz CT molecular complexity index is 741. The van der Waals surface area contributed by atoms with Gasteiger partial charge >= 0.3 is 0 Å². The predicted octanol–water partition coefficient (Wildman–Crippen LogP) is 1.23. The lowest BCUT2D eigenvalue weighted by molar-refractivity contribution is 0.0940. The van der Waals surface area contributed by atoms with E-state index in [2.05, 4.69) is 15.3 Å². The van der Waals surface area contributed by atoms with Crippen molar-refractivity contribution >= 4 is 11.6 Å². The molecule has 0 atom stereocenters. The second-order valence-corrected chi connectivity index (χ2v) is 5.46. The zero-order valence-electron chi connectivity index (χ0n) is 13.2. The molecule has 9 heteroatoms. The highest BCUT2D eigenvalue weighted by Gasteiger charge is 2.20. The quantitative estimate of drug-likeness (QED) is 0.862. The number of hydrogen-bond donors (Lipinski definition) is 2. The number of anilines is 1. The lowest BCUT2D eigenvalue weighted by Crippen LogP contribution is -2.37. The average molecular weight is 350 g/mol. The molecule has 0 aliphatic carbocycles. The van der Waals surface area contributed by atoms with Crippen molar-refractivity contribution in [1.29, 1.82) is 0 Å². The topological polar surface area (TPSA) is 87.6 Å². The summed E-state index contributed by atoms with van der Waals surface area (Å²) < 4.78 is 33.8. The summed E-state index contributed by atoms with van der Waals surface area (Å²) in [5.41, 5.74) is 0.194. The van der Waals surface area contributed by atoms with Crippen molar-refractivity contribution in [2.45, 2.75) is 6.54 Å². The number of rotatable bonds is 4. The maximum atomic E-state index is 14.3. The highest BCUT2D eigenvalue weighted by atomic mass is 19.1. The zero-order valence-corrected chi connectivity index (χ0v) is 13.2. The highest BCUT2D eigenvalue weighted by Crippen LogP contribution is 2.25. The fraction of sp³-hybridized carbons (Fsp3) is 0.312. The average Bonchev–Trinajstić information content (AvgIpc) is 2.61. The Kier molecular flexibility index (Phi) is 5.03. The molecule has 2 N–H and O–H groups in total. The number of benzene rings is 1. The minimum atomic E-state index is -0.688. The van der Waals surface area contributed by atoms with Gasteiger partial charge in [0.1, 0.15) is 17.3 Å². The van der Waals surface area contributed by atoms with Crippen LogP contribution in [0.25, 0.3) is 0 Å². The number of carbonyl (C=O) groups excluding carboxylic acids is 1. The van der Waals surface area contributed by atoms with Crippen LogP contribution < -0.4 is 10.2 Å². The maximum Gasteiger partial charge on any atom is 0.289 e. The molecule has 25 heavy (non-hydrogen) atoms. The molecule has 3 rings (SSSR count). The van der Waals surface area contributed by atoms with Crippen LogP contribution in [0.3, 0.4) is 0 Å². The second-order valence-electron chi connectivity index (χ2n) is 5.46. The van der Waals surface area contributed by atoms with Crippen LogP contribution in [-0.4, -0.2) is 47.3 Å². The maximum absolute atomic E-state index is 14.3. The summed E-state index contributed by atoms with van der Waals surface area (Å²) in [6.07, 6.45) is 2.16. The number of aromatic nitrogens is 2. The van der Waals surface area contributed by atoms with E-state index in [1.54, 1.807) is 4.90 Å². The van der Waals surface area contributed by atoms with Gasteiger partial charge in [-0.15, -0.1) is 0 Å². The SMILES string of the molecule is O=C(NCc1cc(F)c(N2CCOCC2)c(F)c1)c1ncc(O)cn1. The van der Waals surface area contributed by atoms with E-state index >= 15 is 0 Å². The summed E-state index contributed by atoms with van der Waals surface area (Å²) in [6, 6.07) is 2.37. The summed E-state index contributed by atoms with van der Waals surface area (Å²) >= 11 is 0. The molecule has 1 amide bonds. The molecule has 1 aliphatic rings. The van der Waals surface area contributed by atoms with Crippen LogP contribution in [0.5, 0.6) is 5.75 Å². The van der Waals surface area contributed by atoms with E-state index in [0.717, 1.165) is 12.4 Å². The fourth-order valence-electron chi connectivity index (χ4n) is 2.51. The number of amides is 1. The summed E-state index contributed by atoms with van der Waals surface area (Å²) in [5.74, 6) is -2.31.